The highest BCUT2D eigenvalue weighted by molar-refractivity contribution is 7.90. The van der Waals surface area contributed by atoms with Crippen LogP contribution in [-0.4, -0.2) is 32.0 Å². The molecule has 1 fully saturated rings. The molecule has 0 spiro atoms. The van der Waals surface area contributed by atoms with Gasteiger partial charge in [-0.3, -0.25) is 4.98 Å². The van der Waals surface area contributed by atoms with Gasteiger partial charge in [-0.15, -0.1) is 0 Å². The van der Waals surface area contributed by atoms with Gasteiger partial charge in [0, 0.05) is 24.4 Å². The van der Waals surface area contributed by atoms with Crippen molar-refractivity contribution in [2.75, 3.05) is 23.9 Å². The monoisotopic (exact) mass is 306 g/mol. The van der Waals surface area contributed by atoms with Crippen molar-refractivity contribution >= 4 is 27.1 Å². The van der Waals surface area contributed by atoms with E-state index in [2.05, 4.69) is 10.3 Å². The van der Waals surface area contributed by atoms with Crippen molar-refractivity contribution in [3.63, 3.8) is 0 Å². The average Bonchev–Trinajstić information content (AvgIpc) is 2.23. The maximum Gasteiger partial charge on any atom is 0.166 e. The molecule has 2 rings (SSSR count). The smallest absolute Gasteiger partial charge is 0.166 e. The summed E-state index contributed by atoms with van der Waals surface area (Å²) in [5.41, 5.74) is -0.108. The Hall–Kier alpha value is -0.880. The Labute approximate surface area is 117 Å². The number of rotatable bonds is 5. The fourth-order valence-corrected chi connectivity index (χ4v) is 4.18. The van der Waals surface area contributed by atoms with E-state index in [9.17, 15) is 12.8 Å². The molecule has 1 aromatic rings. The van der Waals surface area contributed by atoms with Crippen molar-refractivity contribution in [2.24, 2.45) is 5.41 Å². The van der Waals surface area contributed by atoms with Crippen LogP contribution in [0.15, 0.2) is 12.4 Å². The Morgan fingerprint density at radius 2 is 2.16 bits per heavy atom. The maximum absolute atomic E-state index is 13.6. The predicted molar refractivity (Wildman–Crippen MR) is 73.7 cm³/mol. The molecular formula is C12H16ClFN2O2S. The number of nitrogens with one attached hydrogen (secondary N) is 1. The summed E-state index contributed by atoms with van der Waals surface area (Å²) in [6.45, 7) is 0.403. The van der Waals surface area contributed by atoms with Crippen LogP contribution in [0, 0.1) is 11.2 Å². The summed E-state index contributed by atoms with van der Waals surface area (Å²) in [6, 6.07) is 0. The van der Waals surface area contributed by atoms with Crippen LogP contribution in [0.1, 0.15) is 19.3 Å². The molecule has 0 aliphatic heterocycles. The normalized spacial score (nSPS) is 17.8. The van der Waals surface area contributed by atoms with Crippen LogP contribution in [0.3, 0.4) is 0 Å². The molecule has 0 unspecified atom stereocenters. The van der Waals surface area contributed by atoms with Gasteiger partial charge in [0.05, 0.1) is 22.7 Å². The summed E-state index contributed by atoms with van der Waals surface area (Å²) in [5.74, 6) is -0.404. The van der Waals surface area contributed by atoms with E-state index in [1.807, 2.05) is 0 Å². The van der Waals surface area contributed by atoms with Gasteiger partial charge in [0.2, 0.25) is 0 Å². The van der Waals surface area contributed by atoms with Crippen LogP contribution in [-0.2, 0) is 9.84 Å². The molecule has 1 aliphatic carbocycles. The van der Waals surface area contributed by atoms with Gasteiger partial charge >= 0.3 is 0 Å². The van der Waals surface area contributed by atoms with E-state index in [0.717, 1.165) is 25.5 Å². The van der Waals surface area contributed by atoms with Crippen LogP contribution in [0.25, 0.3) is 0 Å². The number of anilines is 1. The Bertz CT molecular complexity index is 553. The zero-order valence-corrected chi connectivity index (χ0v) is 12.2. The second kappa shape index (κ2) is 5.25. The lowest BCUT2D eigenvalue weighted by Crippen LogP contribution is -2.42. The van der Waals surface area contributed by atoms with E-state index in [4.69, 9.17) is 11.6 Å². The number of halogens is 2. The van der Waals surface area contributed by atoms with Crippen molar-refractivity contribution in [1.82, 2.24) is 4.98 Å². The number of pyridine rings is 1. The molecular weight excluding hydrogens is 291 g/mol. The zero-order valence-electron chi connectivity index (χ0n) is 10.6. The first-order valence-electron chi connectivity index (χ1n) is 6.02. The Morgan fingerprint density at radius 1 is 1.47 bits per heavy atom. The van der Waals surface area contributed by atoms with Crippen LogP contribution < -0.4 is 5.32 Å². The van der Waals surface area contributed by atoms with Gasteiger partial charge in [-0.25, -0.2) is 12.8 Å². The summed E-state index contributed by atoms with van der Waals surface area (Å²) in [6.07, 6.45) is 6.33. The zero-order chi connectivity index (χ0) is 14.1. The fourth-order valence-electron chi connectivity index (χ4n) is 2.46. The maximum atomic E-state index is 13.6. The molecule has 106 valence electrons. The lowest BCUT2D eigenvalue weighted by atomic mass is 9.70. The van der Waals surface area contributed by atoms with Crippen molar-refractivity contribution in [3.05, 3.63) is 23.2 Å². The molecule has 0 atom stereocenters. The summed E-state index contributed by atoms with van der Waals surface area (Å²) in [5, 5.41) is 3.14. The van der Waals surface area contributed by atoms with E-state index in [1.165, 1.54) is 12.5 Å². The second-order valence-corrected chi connectivity index (χ2v) is 7.80. The molecule has 0 bridgehead atoms. The number of hydrogen-bond acceptors (Lipinski definition) is 4. The molecule has 0 saturated heterocycles. The van der Waals surface area contributed by atoms with Crippen LogP contribution in [0.4, 0.5) is 10.1 Å². The van der Waals surface area contributed by atoms with E-state index in [1.54, 1.807) is 0 Å². The topological polar surface area (TPSA) is 59.1 Å². The predicted octanol–water partition coefficient (Wildman–Crippen LogP) is 2.50. The molecule has 1 N–H and O–H groups in total. The first-order valence-corrected chi connectivity index (χ1v) is 8.46. The van der Waals surface area contributed by atoms with E-state index in [0.29, 0.717) is 6.54 Å². The number of nitrogens with zero attached hydrogens (tertiary/aromatic N) is 1. The van der Waals surface area contributed by atoms with Gasteiger partial charge in [-0.2, -0.15) is 0 Å². The van der Waals surface area contributed by atoms with E-state index in [-0.39, 0.29) is 21.9 Å². The molecule has 1 saturated carbocycles. The van der Waals surface area contributed by atoms with Crippen LogP contribution >= 0.6 is 11.6 Å². The second-order valence-electron chi connectivity index (χ2n) is 5.26. The Balaban J connectivity index is 2.09. The van der Waals surface area contributed by atoms with E-state index >= 15 is 0 Å². The molecule has 19 heavy (non-hydrogen) atoms. The molecule has 7 heteroatoms. The highest BCUT2D eigenvalue weighted by atomic mass is 35.5. The van der Waals surface area contributed by atoms with Gasteiger partial charge in [0.1, 0.15) is 9.84 Å². The lowest BCUT2D eigenvalue weighted by molar-refractivity contribution is 0.183. The first kappa shape index (κ1) is 14.5. The molecule has 1 aromatic heterocycles. The third kappa shape index (κ3) is 3.57. The quantitative estimate of drug-likeness (QED) is 0.908. The van der Waals surface area contributed by atoms with Gasteiger partial charge in [-0.1, -0.05) is 18.0 Å². The van der Waals surface area contributed by atoms with Crippen molar-refractivity contribution in [3.8, 4) is 0 Å². The summed E-state index contributed by atoms with van der Waals surface area (Å²) >= 11 is 5.87. The fraction of sp³-hybridized carbons (Fsp3) is 0.583. The van der Waals surface area contributed by atoms with Gasteiger partial charge in [-0.05, 0) is 12.8 Å². The van der Waals surface area contributed by atoms with Gasteiger partial charge in [0.25, 0.3) is 0 Å². The molecule has 1 aliphatic rings. The van der Waals surface area contributed by atoms with Crippen molar-refractivity contribution in [2.45, 2.75) is 19.3 Å². The molecule has 0 amide bonds. The highest BCUT2D eigenvalue weighted by Gasteiger charge is 2.39. The minimum absolute atomic E-state index is 0.122. The van der Waals surface area contributed by atoms with Crippen molar-refractivity contribution in [1.29, 1.82) is 0 Å². The average molecular weight is 307 g/mol. The first-order chi connectivity index (χ1) is 8.81. The molecule has 4 nitrogen and oxygen atoms in total. The third-order valence-electron chi connectivity index (χ3n) is 3.48. The number of hydrogen-bond donors (Lipinski definition) is 1. The lowest BCUT2D eigenvalue weighted by Gasteiger charge is -2.41. The number of aromatic nitrogens is 1. The minimum atomic E-state index is -3.05. The van der Waals surface area contributed by atoms with Crippen molar-refractivity contribution < 1.29 is 12.8 Å². The molecule has 0 radical (unpaired) electrons. The largest absolute Gasteiger partial charge is 0.381 e. The third-order valence-corrected chi connectivity index (χ3v) is 4.90. The standard InChI is InChI=1S/C12H16ClFN2O2S/c1-19(17,18)8-12(3-2-4-12)7-16-11-9(13)5-15-6-10(11)14/h5-6H,2-4,7-8H2,1H3,(H,15,16). The Kier molecular flexibility index (Phi) is 4.01. The summed E-state index contributed by atoms with van der Waals surface area (Å²) in [4.78, 5) is 3.64. The SMILES string of the molecule is CS(=O)(=O)CC1(CNc2c(F)cncc2Cl)CCC1. The highest BCUT2D eigenvalue weighted by Crippen LogP contribution is 2.42. The minimum Gasteiger partial charge on any atom is -0.381 e. The number of sulfone groups is 1. The summed E-state index contributed by atoms with van der Waals surface area (Å²) < 4.78 is 36.5. The molecule has 1 heterocycles. The van der Waals surface area contributed by atoms with Crippen LogP contribution in [0.5, 0.6) is 0 Å². The van der Waals surface area contributed by atoms with Crippen LogP contribution in [0.2, 0.25) is 5.02 Å². The van der Waals surface area contributed by atoms with Gasteiger partial charge in [0.15, 0.2) is 5.82 Å². The summed E-state index contributed by atoms with van der Waals surface area (Å²) in [7, 11) is -3.05. The van der Waals surface area contributed by atoms with Gasteiger partial charge < -0.3 is 5.32 Å². The van der Waals surface area contributed by atoms with E-state index < -0.39 is 15.7 Å². The molecule has 0 aromatic carbocycles. The Morgan fingerprint density at radius 3 is 2.63 bits per heavy atom.